The number of anilines is 2. The first kappa shape index (κ1) is 16.4. The van der Waals surface area contributed by atoms with Crippen LogP contribution in [0, 0.1) is 6.92 Å². The van der Waals surface area contributed by atoms with E-state index in [4.69, 9.17) is 4.74 Å². The number of aliphatic hydroxyl groups excluding tert-OH is 1. The molecule has 0 aromatic carbocycles. The van der Waals surface area contributed by atoms with Crippen LogP contribution in [-0.2, 0) is 4.74 Å². The summed E-state index contributed by atoms with van der Waals surface area (Å²) in [5.74, 6) is 1.65. The highest BCUT2D eigenvalue weighted by Gasteiger charge is 2.17. The van der Waals surface area contributed by atoms with Crippen molar-refractivity contribution < 1.29 is 9.84 Å². The highest BCUT2D eigenvalue weighted by Crippen LogP contribution is 2.15. The molecule has 1 aromatic rings. The van der Waals surface area contributed by atoms with Crippen LogP contribution in [0.15, 0.2) is 6.07 Å². The Morgan fingerprint density at radius 3 is 2.91 bits per heavy atom. The lowest BCUT2D eigenvalue weighted by Crippen LogP contribution is -2.40. The predicted octanol–water partition coefficient (Wildman–Crippen LogP) is 0.490. The van der Waals surface area contributed by atoms with Gasteiger partial charge >= 0.3 is 0 Å². The molecule has 0 aliphatic carbocycles. The molecule has 2 N–H and O–H groups in total. The highest BCUT2D eigenvalue weighted by atomic mass is 16.5. The Morgan fingerprint density at radius 1 is 1.30 bits per heavy atom. The number of aryl methyl sites for hydroxylation is 1. The number of ether oxygens (including phenoxy) is 1. The van der Waals surface area contributed by atoms with Crippen LogP contribution >= 0.6 is 0 Å². The van der Waals surface area contributed by atoms with E-state index in [1.54, 1.807) is 0 Å². The van der Waals surface area contributed by atoms with Crippen LogP contribution in [0.1, 0.15) is 18.5 Å². The maximum Gasteiger partial charge on any atom is 0.227 e. The molecule has 2 fully saturated rings. The molecule has 7 heteroatoms. The second kappa shape index (κ2) is 7.90. The number of aromatic nitrogens is 2. The quantitative estimate of drug-likeness (QED) is 0.817. The van der Waals surface area contributed by atoms with Gasteiger partial charge in [0.25, 0.3) is 0 Å². The van der Waals surface area contributed by atoms with E-state index in [1.165, 1.54) is 0 Å². The number of piperidine rings is 1. The molecule has 128 valence electrons. The molecule has 0 spiro atoms. The average Bonchev–Trinajstić information content (AvgIpc) is 2.55. The lowest BCUT2D eigenvalue weighted by molar-refractivity contribution is 0.0730. The number of nitrogens with zero attached hydrogens (tertiary/aromatic N) is 4. The fourth-order valence-electron chi connectivity index (χ4n) is 3.12. The minimum Gasteiger partial charge on any atom is -0.392 e. The van der Waals surface area contributed by atoms with Crippen LogP contribution < -0.4 is 10.2 Å². The third-order valence-electron chi connectivity index (χ3n) is 4.35. The van der Waals surface area contributed by atoms with E-state index in [0.717, 1.165) is 82.8 Å². The van der Waals surface area contributed by atoms with Gasteiger partial charge in [-0.2, -0.15) is 4.98 Å². The van der Waals surface area contributed by atoms with Crippen LogP contribution in [0.3, 0.4) is 0 Å². The first-order chi connectivity index (χ1) is 11.2. The Labute approximate surface area is 137 Å². The first-order valence-corrected chi connectivity index (χ1v) is 8.53. The number of rotatable bonds is 5. The van der Waals surface area contributed by atoms with Gasteiger partial charge < -0.3 is 20.1 Å². The van der Waals surface area contributed by atoms with E-state index >= 15 is 0 Å². The van der Waals surface area contributed by atoms with Gasteiger partial charge in [-0.3, -0.25) is 4.90 Å². The number of hydrogen-bond acceptors (Lipinski definition) is 7. The van der Waals surface area contributed by atoms with Crippen molar-refractivity contribution in [1.29, 1.82) is 0 Å². The van der Waals surface area contributed by atoms with E-state index in [-0.39, 0.29) is 6.10 Å². The zero-order valence-electron chi connectivity index (χ0n) is 13.9. The van der Waals surface area contributed by atoms with E-state index in [2.05, 4.69) is 25.1 Å². The fraction of sp³-hybridized carbons (Fsp3) is 0.750. The molecular formula is C16H27N5O2. The third kappa shape index (κ3) is 4.76. The molecule has 3 rings (SSSR count). The monoisotopic (exact) mass is 321 g/mol. The molecule has 2 aliphatic rings. The molecule has 3 heterocycles. The van der Waals surface area contributed by atoms with Crippen LogP contribution in [0.25, 0.3) is 0 Å². The Bertz CT molecular complexity index is 507. The Kier molecular flexibility index (Phi) is 5.64. The number of aliphatic hydroxyl groups is 1. The maximum atomic E-state index is 9.71. The standard InChI is InChI=1S/C16H27N5O2/c1-13-11-15(17-4-6-20-5-2-3-14(22)12-20)19-16(18-13)21-7-9-23-10-8-21/h11,14,22H,2-10,12H2,1H3,(H,17,18,19)/t14-/m0/s1. The van der Waals surface area contributed by atoms with Gasteiger partial charge in [0, 0.05) is 44.5 Å². The van der Waals surface area contributed by atoms with Gasteiger partial charge in [0.2, 0.25) is 5.95 Å². The van der Waals surface area contributed by atoms with Crippen molar-refractivity contribution in [1.82, 2.24) is 14.9 Å². The molecule has 0 bridgehead atoms. The summed E-state index contributed by atoms with van der Waals surface area (Å²) in [4.78, 5) is 13.6. The second-order valence-electron chi connectivity index (χ2n) is 6.32. The van der Waals surface area contributed by atoms with Crippen LogP contribution in [0.5, 0.6) is 0 Å². The van der Waals surface area contributed by atoms with Crippen molar-refractivity contribution in [2.45, 2.75) is 25.9 Å². The second-order valence-corrected chi connectivity index (χ2v) is 6.32. The largest absolute Gasteiger partial charge is 0.392 e. The molecule has 2 saturated heterocycles. The molecule has 1 aromatic heterocycles. The molecule has 0 radical (unpaired) electrons. The van der Waals surface area contributed by atoms with Crippen molar-refractivity contribution in [2.75, 3.05) is 62.7 Å². The summed E-state index contributed by atoms with van der Waals surface area (Å²) in [7, 11) is 0. The van der Waals surface area contributed by atoms with Crippen LogP contribution in [0.2, 0.25) is 0 Å². The molecular weight excluding hydrogens is 294 g/mol. The van der Waals surface area contributed by atoms with Gasteiger partial charge in [0.05, 0.1) is 19.3 Å². The topological polar surface area (TPSA) is 73.8 Å². The fourth-order valence-corrected chi connectivity index (χ4v) is 3.12. The summed E-state index contributed by atoms with van der Waals surface area (Å²) in [6.07, 6.45) is 1.84. The van der Waals surface area contributed by atoms with Crippen LogP contribution in [-0.4, -0.2) is 78.6 Å². The minimum atomic E-state index is -0.169. The summed E-state index contributed by atoms with van der Waals surface area (Å²) in [6, 6.07) is 1.98. The Hall–Kier alpha value is -1.44. The van der Waals surface area contributed by atoms with Gasteiger partial charge in [0.1, 0.15) is 5.82 Å². The summed E-state index contributed by atoms with van der Waals surface area (Å²) in [5.41, 5.74) is 0.970. The van der Waals surface area contributed by atoms with E-state index in [9.17, 15) is 5.11 Å². The smallest absolute Gasteiger partial charge is 0.227 e. The van der Waals surface area contributed by atoms with E-state index in [1.807, 2.05) is 13.0 Å². The van der Waals surface area contributed by atoms with Crippen molar-refractivity contribution in [2.24, 2.45) is 0 Å². The maximum absolute atomic E-state index is 9.71. The predicted molar refractivity (Wildman–Crippen MR) is 90.0 cm³/mol. The van der Waals surface area contributed by atoms with Crippen molar-refractivity contribution >= 4 is 11.8 Å². The van der Waals surface area contributed by atoms with Gasteiger partial charge in [-0.05, 0) is 26.3 Å². The Balaban J connectivity index is 1.53. The molecule has 7 nitrogen and oxygen atoms in total. The van der Waals surface area contributed by atoms with Gasteiger partial charge in [-0.25, -0.2) is 4.98 Å². The molecule has 23 heavy (non-hydrogen) atoms. The molecule has 0 saturated carbocycles. The summed E-state index contributed by atoms with van der Waals surface area (Å²) in [5, 5.41) is 13.1. The zero-order valence-corrected chi connectivity index (χ0v) is 13.9. The normalized spacial score (nSPS) is 23.0. The highest BCUT2D eigenvalue weighted by molar-refractivity contribution is 5.43. The van der Waals surface area contributed by atoms with Crippen molar-refractivity contribution in [3.8, 4) is 0 Å². The van der Waals surface area contributed by atoms with Gasteiger partial charge in [-0.1, -0.05) is 0 Å². The molecule has 2 aliphatic heterocycles. The van der Waals surface area contributed by atoms with Crippen molar-refractivity contribution in [3.63, 3.8) is 0 Å². The number of β-amino-alcohol motifs (C(OH)–C–C–N with tert-alkyl or cyclic N) is 1. The Morgan fingerprint density at radius 2 is 2.13 bits per heavy atom. The molecule has 1 atom stereocenters. The number of likely N-dealkylation sites (tertiary alicyclic amines) is 1. The average molecular weight is 321 g/mol. The summed E-state index contributed by atoms with van der Waals surface area (Å²) in [6.45, 7) is 8.75. The number of hydrogen-bond donors (Lipinski definition) is 2. The number of morpholine rings is 1. The SMILES string of the molecule is Cc1cc(NCCN2CCC[C@H](O)C2)nc(N2CCOCC2)n1. The first-order valence-electron chi connectivity index (χ1n) is 8.53. The van der Waals surface area contributed by atoms with Crippen molar-refractivity contribution in [3.05, 3.63) is 11.8 Å². The van der Waals surface area contributed by atoms with Gasteiger partial charge in [0.15, 0.2) is 0 Å². The lowest BCUT2D eigenvalue weighted by atomic mass is 10.1. The van der Waals surface area contributed by atoms with E-state index in [0.29, 0.717) is 0 Å². The number of nitrogens with one attached hydrogen (secondary N) is 1. The van der Waals surface area contributed by atoms with Gasteiger partial charge in [-0.15, -0.1) is 0 Å². The summed E-state index contributed by atoms with van der Waals surface area (Å²) < 4.78 is 5.38. The summed E-state index contributed by atoms with van der Waals surface area (Å²) >= 11 is 0. The van der Waals surface area contributed by atoms with E-state index < -0.39 is 0 Å². The lowest BCUT2D eigenvalue weighted by Gasteiger charge is -2.30. The minimum absolute atomic E-state index is 0.169. The third-order valence-corrected chi connectivity index (χ3v) is 4.35. The molecule has 0 amide bonds. The zero-order chi connectivity index (χ0) is 16.1. The van der Waals surface area contributed by atoms with Crippen LogP contribution in [0.4, 0.5) is 11.8 Å². The molecule has 0 unspecified atom stereocenters.